The molecule has 0 unspecified atom stereocenters. The number of aromatic carboxylic acids is 1. The summed E-state index contributed by atoms with van der Waals surface area (Å²) in [5.74, 6) is -1.88. The lowest BCUT2D eigenvalue weighted by Gasteiger charge is -2.33. The lowest BCUT2D eigenvalue weighted by Crippen LogP contribution is -2.35. The molecule has 0 aliphatic carbocycles. The number of anilines is 1. The van der Waals surface area contributed by atoms with E-state index in [-0.39, 0.29) is 17.3 Å². The third-order valence-electron chi connectivity index (χ3n) is 3.38. The number of nitrogens with one attached hydrogen (secondary N) is 1. The van der Waals surface area contributed by atoms with Gasteiger partial charge >= 0.3 is 6.18 Å². The number of alkyl halides is 3. The largest absolute Gasteiger partial charge is 0.543 e. The number of fused-ring (bicyclic) bond motifs is 1. The summed E-state index contributed by atoms with van der Waals surface area (Å²) in [7, 11) is 0. The van der Waals surface area contributed by atoms with Gasteiger partial charge in [-0.1, -0.05) is 17.7 Å². The molecule has 1 aliphatic heterocycles. The van der Waals surface area contributed by atoms with E-state index < -0.39 is 29.9 Å². The third-order valence-corrected chi connectivity index (χ3v) is 4.72. The van der Waals surface area contributed by atoms with Crippen LogP contribution in [0.2, 0.25) is 5.02 Å². The number of carboxylic acid groups (broad SMARTS) is 1. The smallest absolute Gasteiger partial charge is 0.410 e. The van der Waals surface area contributed by atoms with Crippen molar-refractivity contribution in [2.75, 3.05) is 5.32 Å². The highest BCUT2D eigenvalue weighted by atomic mass is 35.5. The van der Waals surface area contributed by atoms with E-state index in [1.54, 1.807) is 17.5 Å². The fourth-order valence-corrected chi connectivity index (χ4v) is 3.44. The summed E-state index contributed by atoms with van der Waals surface area (Å²) in [5.41, 5.74) is -0.703. The molecule has 118 valence electrons. The summed E-state index contributed by atoms with van der Waals surface area (Å²) >= 11 is 7.15. The van der Waals surface area contributed by atoms with Gasteiger partial charge in [0, 0.05) is 11.3 Å². The second-order valence-electron chi connectivity index (χ2n) is 4.75. The molecule has 0 spiro atoms. The molecule has 0 saturated heterocycles. The van der Waals surface area contributed by atoms with Crippen LogP contribution < -0.4 is 10.4 Å². The van der Waals surface area contributed by atoms with Crippen molar-refractivity contribution in [3.63, 3.8) is 0 Å². The molecular formula is C12H8ClF3N3O2S-. The molecule has 0 bridgehead atoms. The molecule has 0 amide bonds. The Morgan fingerprint density at radius 1 is 1.55 bits per heavy atom. The first-order valence-electron chi connectivity index (χ1n) is 6.15. The summed E-state index contributed by atoms with van der Waals surface area (Å²) in [5, 5.41) is 18.6. The molecule has 1 N–H and O–H groups in total. The van der Waals surface area contributed by atoms with E-state index in [0.29, 0.717) is 9.56 Å². The van der Waals surface area contributed by atoms with Gasteiger partial charge in [0.15, 0.2) is 6.04 Å². The molecule has 2 aromatic rings. The highest BCUT2D eigenvalue weighted by molar-refractivity contribution is 7.10. The maximum atomic E-state index is 13.3. The van der Waals surface area contributed by atoms with Crippen LogP contribution in [0, 0.1) is 0 Å². The van der Waals surface area contributed by atoms with Crippen LogP contribution >= 0.6 is 22.9 Å². The maximum Gasteiger partial charge on any atom is 0.410 e. The first kappa shape index (κ1) is 15.2. The van der Waals surface area contributed by atoms with Crippen LogP contribution in [-0.4, -0.2) is 21.9 Å². The van der Waals surface area contributed by atoms with Crippen LogP contribution in [0.15, 0.2) is 17.5 Å². The maximum absolute atomic E-state index is 13.3. The van der Waals surface area contributed by atoms with Crippen LogP contribution in [-0.2, 0) is 0 Å². The zero-order valence-electron chi connectivity index (χ0n) is 10.7. The van der Waals surface area contributed by atoms with Gasteiger partial charge in [0.25, 0.3) is 0 Å². The molecule has 0 saturated carbocycles. The highest BCUT2D eigenvalue weighted by Crippen LogP contribution is 2.46. The Labute approximate surface area is 131 Å². The van der Waals surface area contributed by atoms with Gasteiger partial charge in [0.2, 0.25) is 0 Å². The Hall–Kier alpha value is -1.74. The zero-order valence-corrected chi connectivity index (χ0v) is 12.3. The summed E-state index contributed by atoms with van der Waals surface area (Å²) in [4.78, 5) is 11.6. The second-order valence-corrected chi connectivity index (χ2v) is 6.11. The molecule has 2 atom stereocenters. The second kappa shape index (κ2) is 5.17. The average molecular weight is 351 g/mol. The van der Waals surface area contributed by atoms with E-state index in [1.165, 1.54) is 11.3 Å². The van der Waals surface area contributed by atoms with Crippen LogP contribution in [0.3, 0.4) is 0 Å². The topological polar surface area (TPSA) is 70.0 Å². The number of carbonyl (C=O) groups excluding carboxylic acids is 1. The van der Waals surface area contributed by atoms with Gasteiger partial charge in [-0.3, -0.25) is 0 Å². The van der Waals surface area contributed by atoms with Gasteiger partial charge < -0.3 is 15.2 Å². The molecule has 1 aliphatic rings. The fraction of sp³-hybridized carbons (Fsp3) is 0.333. The van der Waals surface area contributed by atoms with Gasteiger partial charge in [-0.15, -0.1) is 11.3 Å². The molecule has 5 nitrogen and oxygen atoms in total. The Balaban J connectivity index is 2.10. The quantitative estimate of drug-likeness (QED) is 0.904. The number of thiophene rings is 1. The van der Waals surface area contributed by atoms with Crippen molar-refractivity contribution >= 4 is 34.7 Å². The predicted octanol–water partition coefficient (Wildman–Crippen LogP) is 2.62. The van der Waals surface area contributed by atoms with Crippen LogP contribution in [0.4, 0.5) is 19.0 Å². The highest BCUT2D eigenvalue weighted by Gasteiger charge is 2.47. The first-order valence-corrected chi connectivity index (χ1v) is 7.40. The summed E-state index contributed by atoms with van der Waals surface area (Å²) < 4.78 is 40.4. The van der Waals surface area contributed by atoms with Crippen molar-refractivity contribution in [3.05, 3.63) is 33.1 Å². The number of nitrogens with zero attached hydrogens (tertiary/aromatic N) is 2. The lowest BCUT2D eigenvalue weighted by atomic mass is 10.0. The van der Waals surface area contributed by atoms with Crippen molar-refractivity contribution in [1.82, 2.24) is 9.78 Å². The third kappa shape index (κ3) is 2.44. The molecule has 22 heavy (non-hydrogen) atoms. The SMILES string of the molecule is O=C([O-])c1nn2c(c1Cl)N[C@H](c1cccs1)C[C@@H]2C(F)(F)F. The number of carboxylic acids is 1. The van der Waals surface area contributed by atoms with Crippen LogP contribution in [0.25, 0.3) is 0 Å². The van der Waals surface area contributed by atoms with Gasteiger partial charge in [-0.25, -0.2) is 4.68 Å². The summed E-state index contributed by atoms with van der Waals surface area (Å²) in [6.07, 6.45) is -4.88. The van der Waals surface area contributed by atoms with E-state index >= 15 is 0 Å². The lowest BCUT2D eigenvalue weighted by molar-refractivity contribution is -0.255. The minimum Gasteiger partial charge on any atom is -0.543 e. The number of carbonyl (C=O) groups is 1. The van der Waals surface area contributed by atoms with Gasteiger partial charge in [-0.2, -0.15) is 18.3 Å². The Kier molecular flexibility index (Phi) is 3.56. The van der Waals surface area contributed by atoms with Gasteiger partial charge in [0.1, 0.15) is 16.5 Å². The minimum atomic E-state index is -4.58. The summed E-state index contributed by atoms with van der Waals surface area (Å²) in [6, 6.07) is 0.851. The molecule has 2 aromatic heterocycles. The van der Waals surface area contributed by atoms with Crippen LogP contribution in [0.1, 0.15) is 33.9 Å². The molecule has 0 aromatic carbocycles. The Bertz CT molecular complexity index is 714. The minimum absolute atomic E-state index is 0.159. The summed E-state index contributed by atoms with van der Waals surface area (Å²) in [6.45, 7) is 0. The standard InChI is InChI=1S/C12H9ClF3N3O2S/c13-8-9(11(20)21)18-19-7(12(14,15)16)4-5(17-10(8)19)6-2-1-3-22-6/h1-3,5,7,17H,4H2,(H,20,21)/p-1/t5-,7+/m0/s1. The zero-order chi connectivity index (χ0) is 16.1. The molecule has 10 heteroatoms. The molecular weight excluding hydrogens is 343 g/mol. The predicted molar refractivity (Wildman–Crippen MR) is 72.0 cm³/mol. The van der Waals surface area contributed by atoms with Crippen molar-refractivity contribution in [1.29, 1.82) is 0 Å². The molecule has 3 rings (SSSR count). The monoisotopic (exact) mass is 350 g/mol. The number of rotatable bonds is 2. The van der Waals surface area contributed by atoms with Crippen molar-refractivity contribution in [2.24, 2.45) is 0 Å². The van der Waals surface area contributed by atoms with E-state index in [2.05, 4.69) is 10.4 Å². The fourth-order valence-electron chi connectivity index (χ4n) is 2.40. The normalized spacial score (nSPS) is 21.3. The number of hydrogen-bond acceptors (Lipinski definition) is 5. The van der Waals surface area contributed by atoms with E-state index in [0.717, 1.165) is 0 Å². The van der Waals surface area contributed by atoms with Crippen molar-refractivity contribution in [3.8, 4) is 0 Å². The molecule has 3 heterocycles. The van der Waals surface area contributed by atoms with Gasteiger partial charge in [0.05, 0.1) is 12.0 Å². The Morgan fingerprint density at radius 3 is 2.82 bits per heavy atom. The molecule has 0 fully saturated rings. The van der Waals surface area contributed by atoms with E-state index in [4.69, 9.17) is 11.6 Å². The average Bonchev–Trinajstić information content (AvgIpc) is 3.05. The van der Waals surface area contributed by atoms with Crippen molar-refractivity contribution in [2.45, 2.75) is 24.7 Å². The Morgan fingerprint density at radius 2 is 2.27 bits per heavy atom. The number of halogens is 4. The van der Waals surface area contributed by atoms with Crippen molar-refractivity contribution < 1.29 is 23.1 Å². The molecule has 0 radical (unpaired) electrons. The van der Waals surface area contributed by atoms with E-state index in [1.807, 2.05) is 0 Å². The van der Waals surface area contributed by atoms with Gasteiger partial charge in [-0.05, 0) is 11.4 Å². The number of hydrogen-bond donors (Lipinski definition) is 1. The van der Waals surface area contributed by atoms with E-state index in [9.17, 15) is 23.1 Å². The van der Waals surface area contributed by atoms with Crippen LogP contribution in [0.5, 0.6) is 0 Å². The number of aromatic nitrogens is 2. The first-order chi connectivity index (χ1) is 10.3.